The monoisotopic (exact) mass is 328 g/mol. The normalized spacial score (nSPS) is 18.2. The van der Waals surface area contributed by atoms with Gasteiger partial charge >= 0.3 is 6.43 Å². The van der Waals surface area contributed by atoms with E-state index in [1.807, 2.05) is 18.2 Å². The summed E-state index contributed by atoms with van der Waals surface area (Å²) in [6, 6.07) is 5.73. The second kappa shape index (κ2) is 8.10. The second-order valence-electron chi connectivity index (χ2n) is 5.59. The number of methoxy groups -OCH3 is 2. The molecule has 23 heavy (non-hydrogen) atoms. The number of carbonyl (C=O) groups is 1. The van der Waals surface area contributed by atoms with Gasteiger partial charge in [-0.25, -0.2) is 0 Å². The zero-order valence-electron chi connectivity index (χ0n) is 13.4. The van der Waals surface area contributed by atoms with E-state index in [4.69, 9.17) is 9.47 Å². The first kappa shape index (κ1) is 17.5. The number of amides is 1. The van der Waals surface area contributed by atoms with E-state index in [1.54, 1.807) is 14.2 Å². The molecule has 1 heterocycles. The number of halogens is 2. The van der Waals surface area contributed by atoms with Crippen molar-refractivity contribution in [3.05, 3.63) is 23.8 Å². The molecule has 0 unspecified atom stereocenters. The molecule has 128 valence electrons. The number of para-hydroxylation sites is 1. The minimum Gasteiger partial charge on any atom is -0.493 e. The molecule has 2 rings (SSSR count). The van der Waals surface area contributed by atoms with E-state index in [2.05, 4.69) is 10.2 Å². The third kappa shape index (κ3) is 4.54. The minimum atomic E-state index is -2.95. The largest absolute Gasteiger partial charge is 0.493 e. The number of carbonyl (C=O) groups excluding carboxylic acids is 1. The highest BCUT2D eigenvalue weighted by Crippen LogP contribution is 2.32. The predicted molar refractivity (Wildman–Crippen MR) is 81.9 cm³/mol. The summed E-state index contributed by atoms with van der Waals surface area (Å²) >= 11 is 0. The van der Waals surface area contributed by atoms with Crippen molar-refractivity contribution in [3.63, 3.8) is 0 Å². The van der Waals surface area contributed by atoms with Crippen LogP contribution in [0.3, 0.4) is 0 Å². The summed E-state index contributed by atoms with van der Waals surface area (Å²) in [4.78, 5) is 13.1. The van der Waals surface area contributed by atoms with Crippen molar-refractivity contribution in [3.8, 4) is 11.5 Å². The Morgan fingerprint density at radius 2 is 2.17 bits per heavy atom. The van der Waals surface area contributed by atoms with Crippen LogP contribution in [0.1, 0.15) is 12.0 Å². The van der Waals surface area contributed by atoms with Gasteiger partial charge in [-0.05, 0) is 24.9 Å². The van der Waals surface area contributed by atoms with Crippen LogP contribution in [0, 0.1) is 5.92 Å². The summed E-state index contributed by atoms with van der Waals surface area (Å²) < 4.78 is 35.1. The van der Waals surface area contributed by atoms with Crippen molar-refractivity contribution >= 4 is 5.91 Å². The van der Waals surface area contributed by atoms with Crippen LogP contribution in [0.25, 0.3) is 0 Å². The molecule has 5 nitrogen and oxygen atoms in total. The number of hydrogen-bond acceptors (Lipinski definition) is 4. The molecule has 1 N–H and O–H groups in total. The summed E-state index contributed by atoms with van der Waals surface area (Å²) in [7, 11) is 3.20. The van der Waals surface area contributed by atoms with E-state index in [0.29, 0.717) is 18.0 Å². The maximum Gasteiger partial charge on any atom is 0.315 e. The first-order valence-corrected chi connectivity index (χ1v) is 7.53. The summed E-state index contributed by atoms with van der Waals surface area (Å²) in [5.74, 6) is 0.390. The third-order valence-electron chi connectivity index (χ3n) is 4.01. The maximum absolute atomic E-state index is 12.2. The van der Waals surface area contributed by atoms with Gasteiger partial charge in [0.2, 0.25) is 0 Å². The van der Waals surface area contributed by atoms with Crippen molar-refractivity contribution in [1.82, 2.24) is 10.2 Å². The minimum absolute atomic E-state index is 0.189. The van der Waals surface area contributed by atoms with Gasteiger partial charge in [0.25, 0.3) is 5.91 Å². The molecule has 1 aromatic rings. The third-order valence-corrected chi connectivity index (χ3v) is 4.01. The molecule has 0 aromatic heterocycles. The molecule has 1 fully saturated rings. The topological polar surface area (TPSA) is 50.8 Å². The molecular formula is C16H22F2N2O3. The van der Waals surface area contributed by atoms with E-state index in [-0.39, 0.29) is 12.5 Å². The fraction of sp³-hybridized carbons (Fsp3) is 0.562. The number of nitrogens with zero attached hydrogens (tertiary/aromatic N) is 1. The number of alkyl halides is 2. The molecule has 1 aliphatic heterocycles. The van der Waals surface area contributed by atoms with Crippen molar-refractivity contribution in [2.24, 2.45) is 5.92 Å². The number of benzene rings is 1. The van der Waals surface area contributed by atoms with Gasteiger partial charge in [0.1, 0.15) is 0 Å². The summed E-state index contributed by atoms with van der Waals surface area (Å²) in [6.45, 7) is 2.59. The molecule has 0 bridgehead atoms. The molecule has 7 heteroatoms. The van der Waals surface area contributed by atoms with Gasteiger partial charge in [0.15, 0.2) is 11.5 Å². The fourth-order valence-corrected chi connectivity index (χ4v) is 2.86. The number of likely N-dealkylation sites (tertiary alicyclic amines) is 1. The Morgan fingerprint density at radius 3 is 2.83 bits per heavy atom. The first-order chi connectivity index (χ1) is 11.0. The average Bonchev–Trinajstić information content (AvgIpc) is 2.99. The van der Waals surface area contributed by atoms with Gasteiger partial charge < -0.3 is 14.8 Å². The van der Waals surface area contributed by atoms with Crippen molar-refractivity contribution in [1.29, 1.82) is 0 Å². The molecule has 0 saturated carbocycles. The van der Waals surface area contributed by atoms with Crippen LogP contribution in [0.2, 0.25) is 0 Å². The maximum atomic E-state index is 12.2. The molecule has 1 atom stereocenters. The predicted octanol–water partition coefficient (Wildman–Crippen LogP) is 1.91. The lowest BCUT2D eigenvalue weighted by atomic mass is 10.1. The van der Waals surface area contributed by atoms with Crippen LogP contribution in [0.4, 0.5) is 8.78 Å². The second-order valence-corrected chi connectivity index (χ2v) is 5.59. The van der Waals surface area contributed by atoms with E-state index in [1.165, 1.54) is 0 Å². The molecule has 1 amide bonds. The molecule has 0 spiro atoms. The Balaban J connectivity index is 1.90. The van der Waals surface area contributed by atoms with Crippen LogP contribution < -0.4 is 14.8 Å². The molecule has 1 aromatic carbocycles. The highest BCUT2D eigenvalue weighted by Gasteiger charge is 2.25. The lowest BCUT2D eigenvalue weighted by molar-refractivity contribution is -0.131. The molecular weight excluding hydrogens is 306 g/mol. The van der Waals surface area contributed by atoms with Gasteiger partial charge in [0.05, 0.1) is 14.2 Å². The summed E-state index contributed by atoms with van der Waals surface area (Å²) in [5.41, 5.74) is 1.02. The van der Waals surface area contributed by atoms with E-state index in [0.717, 1.165) is 25.1 Å². The van der Waals surface area contributed by atoms with Crippen molar-refractivity contribution < 1.29 is 23.0 Å². The Labute approximate surface area is 134 Å². The number of ether oxygens (including phenoxy) is 2. The molecule has 0 aliphatic carbocycles. The van der Waals surface area contributed by atoms with E-state index in [9.17, 15) is 13.6 Å². The van der Waals surface area contributed by atoms with Gasteiger partial charge in [-0.15, -0.1) is 0 Å². The van der Waals surface area contributed by atoms with Crippen LogP contribution in [0.5, 0.6) is 11.5 Å². The highest BCUT2D eigenvalue weighted by molar-refractivity contribution is 5.79. The highest BCUT2D eigenvalue weighted by atomic mass is 19.3. The lowest BCUT2D eigenvalue weighted by Crippen LogP contribution is -2.34. The zero-order chi connectivity index (χ0) is 16.8. The van der Waals surface area contributed by atoms with Gasteiger partial charge in [-0.1, -0.05) is 12.1 Å². The first-order valence-electron chi connectivity index (χ1n) is 7.53. The van der Waals surface area contributed by atoms with Crippen molar-refractivity contribution in [2.75, 3.05) is 33.9 Å². The quantitative estimate of drug-likeness (QED) is 0.831. The Hall–Kier alpha value is -1.89. The lowest BCUT2D eigenvalue weighted by Gasteiger charge is -2.19. The van der Waals surface area contributed by atoms with Crippen LogP contribution >= 0.6 is 0 Å². The Bertz CT molecular complexity index is 540. The Morgan fingerprint density at radius 1 is 1.39 bits per heavy atom. The fourth-order valence-electron chi connectivity index (χ4n) is 2.86. The average molecular weight is 328 g/mol. The van der Waals surface area contributed by atoms with Gasteiger partial charge in [0, 0.05) is 25.2 Å². The summed E-state index contributed by atoms with van der Waals surface area (Å²) in [6.07, 6.45) is -2.08. The SMILES string of the molecule is COc1cccc(CN2CC[C@H](CNC(=O)C(F)F)C2)c1OC. The molecule has 0 radical (unpaired) electrons. The zero-order valence-corrected chi connectivity index (χ0v) is 13.4. The molecule has 1 aliphatic rings. The molecule has 1 saturated heterocycles. The Kier molecular flexibility index (Phi) is 6.15. The van der Waals surface area contributed by atoms with Gasteiger partial charge in [-0.3, -0.25) is 9.69 Å². The van der Waals surface area contributed by atoms with Crippen LogP contribution in [-0.4, -0.2) is 51.1 Å². The number of nitrogens with one attached hydrogen (secondary N) is 1. The van der Waals surface area contributed by atoms with E-state index >= 15 is 0 Å². The summed E-state index contributed by atoms with van der Waals surface area (Å²) in [5, 5.41) is 2.29. The smallest absolute Gasteiger partial charge is 0.315 e. The van der Waals surface area contributed by atoms with Crippen molar-refractivity contribution in [2.45, 2.75) is 19.4 Å². The van der Waals surface area contributed by atoms with E-state index < -0.39 is 12.3 Å². The number of rotatable bonds is 7. The van der Waals surface area contributed by atoms with Crippen LogP contribution in [0.15, 0.2) is 18.2 Å². The number of hydrogen-bond donors (Lipinski definition) is 1. The van der Waals surface area contributed by atoms with Gasteiger partial charge in [-0.2, -0.15) is 8.78 Å². The standard InChI is InChI=1S/C16H22F2N2O3/c1-22-13-5-3-4-12(14(13)23-2)10-20-7-6-11(9-20)8-19-16(21)15(17)18/h3-5,11,15H,6-10H2,1-2H3,(H,19,21)/t11-/m1/s1. The van der Waals surface area contributed by atoms with Crippen LogP contribution in [-0.2, 0) is 11.3 Å².